The molecule has 0 heterocycles. The average Bonchev–Trinajstić information content (AvgIpc) is 2.25. The molecule has 0 bridgehead atoms. The van der Waals surface area contributed by atoms with Gasteiger partial charge in [0.2, 0.25) is 0 Å². The first-order valence-corrected chi connectivity index (χ1v) is 5.44. The van der Waals surface area contributed by atoms with Crippen molar-refractivity contribution in [1.29, 1.82) is 5.26 Å². The molecule has 0 aromatic heterocycles. The van der Waals surface area contributed by atoms with E-state index in [1.54, 1.807) is 11.9 Å². The molecular weight excluding hydrogens is 265 g/mol. The molecule has 0 unspecified atom stereocenters. The molecular formula is C10H9Cl2N3O2. The number of hydrogen-bond acceptors (Lipinski definition) is 4. The number of non-ortho nitro benzene ring substituents is 1. The SMILES string of the molecule is CN(CCC#N)c1c(Cl)cc([N+](=O)[O-])cc1Cl. The monoisotopic (exact) mass is 273 g/mol. The van der Waals surface area contributed by atoms with Crippen LogP contribution in [0, 0.1) is 21.4 Å². The van der Waals surface area contributed by atoms with Gasteiger partial charge in [0.1, 0.15) is 0 Å². The standard InChI is InChI=1S/C10H9Cl2N3O2/c1-14(4-2-3-13)10-8(11)5-7(15(16)17)6-9(10)12/h5-6H,2,4H2,1H3. The zero-order valence-corrected chi connectivity index (χ0v) is 10.5. The fourth-order valence-corrected chi connectivity index (χ4v) is 2.12. The maximum atomic E-state index is 10.6. The lowest BCUT2D eigenvalue weighted by Gasteiger charge is -2.20. The van der Waals surface area contributed by atoms with Gasteiger partial charge in [0, 0.05) is 25.7 Å². The van der Waals surface area contributed by atoms with E-state index in [1.165, 1.54) is 12.1 Å². The van der Waals surface area contributed by atoms with Crippen molar-refractivity contribution in [3.8, 4) is 6.07 Å². The second-order valence-electron chi connectivity index (χ2n) is 3.34. The Kier molecular flexibility index (Phi) is 4.55. The van der Waals surface area contributed by atoms with Gasteiger partial charge in [0.25, 0.3) is 5.69 Å². The molecule has 0 saturated heterocycles. The highest BCUT2D eigenvalue weighted by Gasteiger charge is 2.17. The van der Waals surface area contributed by atoms with Gasteiger partial charge in [-0.15, -0.1) is 0 Å². The normalized spacial score (nSPS) is 9.76. The third kappa shape index (κ3) is 3.22. The van der Waals surface area contributed by atoms with Gasteiger partial charge in [-0.05, 0) is 0 Å². The van der Waals surface area contributed by atoms with Crippen molar-refractivity contribution in [3.05, 3.63) is 32.3 Å². The number of halogens is 2. The van der Waals surface area contributed by atoms with Crippen LogP contribution in [0.15, 0.2) is 12.1 Å². The minimum absolute atomic E-state index is 0.155. The topological polar surface area (TPSA) is 70.2 Å². The van der Waals surface area contributed by atoms with Gasteiger partial charge in [-0.3, -0.25) is 10.1 Å². The summed E-state index contributed by atoms with van der Waals surface area (Å²) in [4.78, 5) is 11.7. The first kappa shape index (κ1) is 13.6. The summed E-state index contributed by atoms with van der Waals surface area (Å²) in [6, 6.07) is 4.48. The summed E-state index contributed by atoms with van der Waals surface area (Å²) in [6.45, 7) is 0.452. The number of rotatable bonds is 4. The summed E-state index contributed by atoms with van der Waals surface area (Å²) in [5.74, 6) is 0. The molecule has 0 amide bonds. The highest BCUT2D eigenvalue weighted by atomic mass is 35.5. The van der Waals surface area contributed by atoms with Gasteiger partial charge in [-0.2, -0.15) is 5.26 Å². The fraction of sp³-hybridized carbons (Fsp3) is 0.300. The lowest BCUT2D eigenvalue weighted by molar-refractivity contribution is -0.384. The molecule has 90 valence electrons. The minimum Gasteiger partial charge on any atom is -0.371 e. The lowest BCUT2D eigenvalue weighted by atomic mass is 10.2. The fourth-order valence-electron chi connectivity index (χ4n) is 1.35. The van der Waals surface area contributed by atoms with Crippen LogP contribution in [-0.4, -0.2) is 18.5 Å². The Labute approximate surface area is 108 Å². The van der Waals surface area contributed by atoms with Crippen LogP contribution in [0.25, 0.3) is 0 Å². The van der Waals surface area contributed by atoms with Crippen LogP contribution in [0.2, 0.25) is 10.0 Å². The number of nitriles is 1. The molecule has 17 heavy (non-hydrogen) atoms. The Morgan fingerprint density at radius 2 is 2.00 bits per heavy atom. The van der Waals surface area contributed by atoms with Crippen LogP contribution in [-0.2, 0) is 0 Å². The summed E-state index contributed by atoms with van der Waals surface area (Å²) < 4.78 is 0. The van der Waals surface area contributed by atoms with Gasteiger partial charge >= 0.3 is 0 Å². The van der Waals surface area contributed by atoms with Crippen LogP contribution in [0.4, 0.5) is 11.4 Å². The van der Waals surface area contributed by atoms with E-state index in [-0.39, 0.29) is 15.7 Å². The van der Waals surface area contributed by atoms with Gasteiger partial charge in [0.15, 0.2) is 0 Å². The second-order valence-corrected chi connectivity index (χ2v) is 4.16. The van der Waals surface area contributed by atoms with Crippen LogP contribution in [0.1, 0.15) is 6.42 Å². The van der Waals surface area contributed by atoms with Crippen molar-refractivity contribution in [2.24, 2.45) is 0 Å². The quantitative estimate of drug-likeness (QED) is 0.624. The molecule has 1 rings (SSSR count). The van der Waals surface area contributed by atoms with Crippen LogP contribution in [0.5, 0.6) is 0 Å². The molecule has 0 radical (unpaired) electrons. The number of benzene rings is 1. The van der Waals surface area contributed by atoms with E-state index in [4.69, 9.17) is 28.5 Å². The molecule has 0 saturated carbocycles. The maximum absolute atomic E-state index is 10.6. The zero-order chi connectivity index (χ0) is 13.0. The summed E-state index contributed by atoms with van der Waals surface area (Å²) in [7, 11) is 1.72. The van der Waals surface area contributed by atoms with Crippen molar-refractivity contribution < 1.29 is 4.92 Å². The Balaban J connectivity index is 3.10. The predicted molar refractivity (Wildman–Crippen MR) is 66.6 cm³/mol. The first-order chi connectivity index (χ1) is 7.97. The maximum Gasteiger partial charge on any atom is 0.272 e. The average molecular weight is 274 g/mol. The van der Waals surface area contributed by atoms with Gasteiger partial charge in [-0.25, -0.2) is 0 Å². The Morgan fingerprint density at radius 3 is 2.41 bits per heavy atom. The van der Waals surface area contributed by atoms with Crippen LogP contribution < -0.4 is 4.90 Å². The highest BCUT2D eigenvalue weighted by molar-refractivity contribution is 6.39. The largest absolute Gasteiger partial charge is 0.371 e. The van der Waals surface area contributed by atoms with E-state index in [0.717, 1.165) is 0 Å². The number of nitro groups is 1. The molecule has 1 aromatic rings. The van der Waals surface area contributed by atoms with Crippen molar-refractivity contribution in [3.63, 3.8) is 0 Å². The number of nitro benzene ring substituents is 1. The Hall–Kier alpha value is -1.51. The molecule has 7 heteroatoms. The van der Waals surface area contributed by atoms with Crippen molar-refractivity contribution >= 4 is 34.6 Å². The van der Waals surface area contributed by atoms with Gasteiger partial charge in [0.05, 0.1) is 33.1 Å². The summed E-state index contributed by atoms with van der Waals surface area (Å²) in [6.07, 6.45) is 0.320. The number of nitrogens with zero attached hydrogens (tertiary/aromatic N) is 3. The van der Waals surface area contributed by atoms with E-state index in [9.17, 15) is 10.1 Å². The molecule has 0 aliphatic rings. The van der Waals surface area contributed by atoms with Crippen LogP contribution in [0.3, 0.4) is 0 Å². The van der Waals surface area contributed by atoms with Crippen molar-refractivity contribution in [2.45, 2.75) is 6.42 Å². The molecule has 0 atom stereocenters. The Morgan fingerprint density at radius 1 is 1.47 bits per heavy atom. The third-order valence-electron chi connectivity index (χ3n) is 2.15. The molecule has 5 nitrogen and oxygen atoms in total. The van der Waals surface area contributed by atoms with Gasteiger partial charge in [-0.1, -0.05) is 23.2 Å². The number of hydrogen-bond donors (Lipinski definition) is 0. The second kappa shape index (κ2) is 5.71. The molecule has 0 fully saturated rings. The van der Waals surface area contributed by atoms with Crippen molar-refractivity contribution in [2.75, 3.05) is 18.5 Å². The molecule has 1 aromatic carbocycles. The van der Waals surface area contributed by atoms with E-state index < -0.39 is 4.92 Å². The highest BCUT2D eigenvalue weighted by Crippen LogP contribution is 2.36. The van der Waals surface area contributed by atoms with Crippen LogP contribution >= 0.6 is 23.2 Å². The van der Waals surface area contributed by atoms with E-state index in [0.29, 0.717) is 18.7 Å². The molecule has 0 aliphatic carbocycles. The van der Waals surface area contributed by atoms with Gasteiger partial charge < -0.3 is 4.90 Å². The van der Waals surface area contributed by atoms with E-state index in [2.05, 4.69) is 0 Å². The molecule has 0 aliphatic heterocycles. The minimum atomic E-state index is -0.559. The summed E-state index contributed by atoms with van der Waals surface area (Å²) in [5.41, 5.74) is 0.339. The third-order valence-corrected chi connectivity index (χ3v) is 2.73. The van der Waals surface area contributed by atoms with E-state index in [1.807, 2.05) is 6.07 Å². The molecule has 0 N–H and O–H groups in total. The lowest BCUT2D eigenvalue weighted by Crippen LogP contribution is -2.19. The number of anilines is 1. The smallest absolute Gasteiger partial charge is 0.272 e. The Bertz CT molecular complexity index is 462. The van der Waals surface area contributed by atoms with E-state index >= 15 is 0 Å². The zero-order valence-electron chi connectivity index (χ0n) is 8.98. The summed E-state index contributed by atoms with van der Waals surface area (Å²) >= 11 is 11.9. The molecule has 0 spiro atoms. The van der Waals surface area contributed by atoms with Crippen molar-refractivity contribution in [1.82, 2.24) is 0 Å². The predicted octanol–water partition coefficient (Wildman–Crippen LogP) is 3.25. The summed E-state index contributed by atoms with van der Waals surface area (Å²) in [5, 5.41) is 19.5. The first-order valence-electron chi connectivity index (χ1n) is 4.69.